The lowest BCUT2D eigenvalue weighted by Crippen LogP contribution is -2.51. The standard InChI is InChI=1S/C19H22N2O3/c1-2-17(15-6-4-3-5-7-15)19(23)21-11-9-20(10-12-21)18(22)16-8-13-24-14-16/h3-8,13-14,17H,2,9-12H2,1H3. The van der Waals surface area contributed by atoms with Gasteiger partial charge in [0.1, 0.15) is 6.26 Å². The van der Waals surface area contributed by atoms with E-state index in [0.717, 1.165) is 12.0 Å². The van der Waals surface area contributed by atoms with Crippen LogP contribution in [0.25, 0.3) is 0 Å². The van der Waals surface area contributed by atoms with Gasteiger partial charge in [-0.2, -0.15) is 0 Å². The summed E-state index contributed by atoms with van der Waals surface area (Å²) in [6, 6.07) is 11.6. The van der Waals surface area contributed by atoms with Crippen LogP contribution >= 0.6 is 0 Å². The smallest absolute Gasteiger partial charge is 0.257 e. The molecule has 5 nitrogen and oxygen atoms in total. The maximum absolute atomic E-state index is 12.8. The molecule has 2 aromatic rings. The minimum atomic E-state index is -0.109. The van der Waals surface area contributed by atoms with E-state index in [-0.39, 0.29) is 17.7 Å². The molecule has 0 saturated carbocycles. The number of nitrogens with zero attached hydrogens (tertiary/aromatic N) is 2. The predicted octanol–water partition coefficient (Wildman–Crippen LogP) is 2.76. The molecule has 0 spiro atoms. The van der Waals surface area contributed by atoms with Gasteiger partial charge in [0.25, 0.3) is 5.91 Å². The third-order valence-corrected chi connectivity index (χ3v) is 4.55. The number of rotatable bonds is 4. The zero-order valence-corrected chi connectivity index (χ0v) is 13.9. The van der Waals surface area contributed by atoms with Crippen molar-refractivity contribution in [3.63, 3.8) is 0 Å². The Morgan fingerprint density at radius 1 is 1.04 bits per heavy atom. The third kappa shape index (κ3) is 3.35. The number of benzene rings is 1. The number of hydrogen-bond acceptors (Lipinski definition) is 3. The van der Waals surface area contributed by atoms with Crippen molar-refractivity contribution < 1.29 is 14.0 Å². The summed E-state index contributed by atoms with van der Waals surface area (Å²) in [5.41, 5.74) is 1.62. The first-order valence-electron chi connectivity index (χ1n) is 8.36. The molecule has 0 aliphatic carbocycles. The van der Waals surface area contributed by atoms with Crippen molar-refractivity contribution in [3.05, 3.63) is 60.1 Å². The molecule has 2 amide bonds. The van der Waals surface area contributed by atoms with Crippen LogP contribution in [0.15, 0.2) is 53.3 Å². The first kappa shape index (κ1) is 16.3. The Hall–Kier alpha value is -2.56. The van der Waals surface area contributed by atoms with Crippen molar-refractivity contribution in [1.82, 2.24) is 9.80 Å². The van der Waals surface area contributed by atoms with E-state index in [0.29, 0.717) is 31.7 Å². The highest BCUT2D eigenvalue weighted by Gasteiger charge is 2.29. The highest BCUT2D eigenvalue weighted by molar-refractivity contribution is 5.94. The van der Waals surface area contributed by atoms with Crippen molar-refractivity contribution in [1.29, 1.82) is 0 Å². The van der Waals surface area contributed by atoms with Crippen LogP contribution in [-0.2, 0) is 4.79 Å². The third-order valence-electron chi connectivity index (χ3n) is 4.55. The van der Waals surface area contributed by atoms with Crippen LogP contribution in [-0.4, -0.2) is 47.8 Å². The Bertz CT molecular complexity index is 674. The summed E-state index contributed by atoms with van der Waals surface area (Å²) < 4.78 is 4.97. The van der Waals surface area contributed by atoms with Gasteiger partial charge < -0.3 is 14.2 Å². The van der Waals surface area contributed by atoms with Crippen LogP contribution in [0.4, 0.5) is 0 Å². The SMILES string of the molecule is CCC(C(=O)N1CCN(C(=O)c2ccoc2)CC1)c1ccccc1. The molecule has 1 fully saturated rings. The molecule has 5 heteroatoms. The van der Waals surface area contributed by atoms with E-state index < -0.39 is 0 Å². The Kier molecular flexibility index (Phi) is 4.99. The van der Waals surface area contributed by atoms with Crippen LogP contribution in [0.3, 0.4) is 0 Å². The number of carbonyl (C=O) groups excluding carboxylic acids is 2. The molecule has 1 atom stereocenters. The number of carbonyl (C=O) groups is 2. The van der Waals surface area contributed by atoms with Crippen LogP contribution in [0, 0.1) is 0 Å². The molecule has 1 unspecified atom stereocenters. The second-order valence-corrected chi connectivity index (χ2v) is 6.00. The van der Waals surface area contributed by atoms with Gasteiger partial charge in [0.05, 0.1) is 17.7 Å². The first-order chi connectivity index (χ1) is 11.7. The van der Waals surface area contributed by atoms with Crippen molar-refractivity contribution in [2.24, 2.45) is 0 Å². The van der Waals surface area contributed by atoms with Gasteiger partial charge in [-0.3, -0.25) is 9.59 Å². The molecule has 1 aliphatic heterocycles. The maximum atomic E-state index is 12.8. The Labute approximate surface area is 141 Å². The summed E-state index contributed by atoms with van der Waals surface area (Å²) >= 11 is 0. The van der Waals surface area contributed by atoms with Crippen molar-refractivity contribution in [2.75, 3.05) is 26.2 Å². The molecule has 1 aromatic carbocycles. The van der Waals surface area contributed by atoms with Gasteiger partial charge in [-0.1, -0.05) is 37.3 Å². The fourth-order valence-corrected chi connectivity index (χ4v) is 3.16. The normalized spacial score (nSPS) is 16.0. The Balaban J connectivity index is 1.61. The topological polar surface area (TPSA) is 53.8 Å². The zero-order chi connectivity index (χ0) is 16.9. The molecule has 0 radical (unpaired) electrons. The lowest BCUT2D eigenvalue weighted by atomic mass is 9.95. The number of piperazine rings is 1. The minimum Gasteiger partial charge on any atom is -0.472 e. The van der Waals surface area contributed by atoms with Gasteiger partial charge in [-0.25, -0.2) is 0 Å². The molecule has 0 N–H and O–H groups in total. The average Bonchev–Trinajstić information content (AvgIpc) is 3.17. The van der Waals surface area contributed by atoms with E-state index in [1.807, 2.05) is 42.2 Å². The first-order valence-corrected chi connectivity index (χ1v) is 8.36. The van der Waals surface area contributed by atoms with E-state index in [9.17, 15) is 9.59 Å². The van der Waals surface area contributed by atoms with Gasteiger partial charge >= 0.3 is 0 Å². The van der Waals surface area contributed by atoms with Crippen molar-refractivity contribution in [3.8, 4) is 0 Å². The predicted molar refractivity (Wildman–Crippen MR) is 90.7 cm³/mol. The van der Waals surface area contributed by atoms with Gasteiger partial charge in [0.2, 0.25) is 5.91 Å². The van der Waals surface area contributed by atoms with E-state index >= 15 is 0 Å². The second kappa shape index (κ2) is 7.34. The van der Waals surface area contributed by atoms with E-state index in [4.69, 9.17) is 4.42 Å². The Morgan fingerprint density at radius 2 is 1.71 bits per heavy atom. The zero-order valence-electron chi connectivity index (χ0n) is 13.9. The molecule has 126 valence electrons. The molecule has 2 heterocycles. The molecule has 24 heavy (non-hydrogen) atoms. The maximum Gasteiger partial charge on any atom is 0.257 e. The molecule has 1 saturated heterocycles. The number of furan rings is 1. The van der Waals surface area contributed by atoms with Gasteiger partial charge in [-0.05, 0) is 18.1 Å². The quantitative estimate of drug-likeness (QED) is 0.868. The highest BCUT2D eigenvalue weighted by Crippen LogP contribution is 2.23. The van der Waals surface area contributed by atoms with Gasteiger partial charge in [0, 0.05) is 26.2 Å². The molecular weight excluding hydrogens is 304 g/mol. The molecule has 1 aliphatic rings. The highest BCUT2D eigenvalue weighted by atomic mass is 16.3. The minimum absolute atomic E-state index is 0.0362. The lowest BCUT2D eigenvalue weighted by molar-refractivity contribution is -0.134. The fraction of sp³-hybridized carbons (Fsp3) is 0.368. The lowest BCUT2D eigenvalue weighted by Gasteiger charge is -2.36. The van der Waals surface area contributed by atoms with Crippen molar-refractivity contribution in [2.45, 2.75) is 19.3 Å². The van der Waals surface area contributed by atoms with E-state index in [1.54, 1.807) is 11.0 Å². The van der Waals surface area contributed by atoms with Gasteiger partial charge in [-0.15, -0.1) is 0 Å². The fourth-order valence-electron chi connectivity index (χ4n) is 3.16. The van der Waals surface area contributed by atoms with Crippen LogP contribution in [0.2, 0.25) is 0 Å². The molecule has 3 rings (SSSR count). The summed E-state index contributed by atoms with van der Waals surface area (Å²) in [4.78, 5) is 28.8. The monoisotopic (exact) mass is 326 g/mol. The largest absolute Gasteiger partial charge is 0.472 e. The summed E-state index contributed by atoms with van der Waals surface area (Å²) in [6.45, 7) is 4.30. The summed E-state index contributed by atoms with van der Waals surface area (Å²) in [6.07, 6.45) is 3.73. The summed E-state index contributed by atoms with van der Waals surface area (Å²) in [5, 5.41) is 0. The van der Waals surface area contributed by atoms with Crippen LogP contribution in [0.5, 0.6) is 0 Å². The molecular formula is C19H22N2O3. The summed E-state index contributed by atoms with van der Waals surface area (Å²) in [5.74, 6) is 0.00684. The average molecular weight is 326 g/mol. The molecule has 0 bridgehead atoms. The molecule has 1 aromatic heterocycles. The Morgan fingerprint density at radius 3 is 2.29 bits per heavy atom. The van der Waals surface area contributed by atoms with Crippen LogP contribution in [0.1, 0.15) is 35.2 Å². The van der Waals surface area contributed by atoms with Gasteiger partial charge in [0.15, 0.2) is 0 Å². The van der Waals surface area contributed by atoms with E-state index in [1.165, 1.54) is 12.5 Å². The summed E-state index contributed by atoms with van der Waals surface area (Å²) in [7, 11) is 0. The van der Waals surface area contributed by atoms with Crippen molar-refractivity contribution >= 4 is 11.8 Å². The number of hydrogen-bond donors (Lipinski definition) is 0. The second-order valence-electron chi connectivity index (χ2n) is 6.00. The van der Waals surface area contributed by atoms with E-state index in [2.05, 4.69) is 0 Å². The number of amides is 2. The van der Waals surface area contributed by atoms with Crippen LogP contribution < -0.4 is 0 Å².